The molecule has 0 unspecified atom stereocenters. The van der Waals surface area contributed by atoms with Gasteiger partial charge in [-0.15, -0.1) is 0 Å². The second-order valence-electron chi connectivity index (χ2n) is 12.5. The number of pyridine rings is 1. The fraction of sp³-hybridized carbons (Fsp3) is 0.343. The van der Waals surface area contributed by atoms with Gasteiger partial charge in [0.1, 0.15) is 0 Å². The molecule has 43 heavy (non-hydrogen) atoms. The Kier molecular flexibility index (Phi) is 7.94. The Labute approximate surface area is 267 Å². The summed E-state index contributed by atoms with van der Waals surface area (Å²) in [5.41, 5.74) is 7.42. The summed E-state index contributed by atoms with van der Waals surface area (Å²) in [6.45, 7) is 18.0. The first-order valence-electron chi connectivity index (χ1n) is 15.1. The van der Waals surface area contributed by atoms with E-state index in [1.807, 2.05) is 12.1 Å². The van der Waals surface area contributed by atoms with Gasteiger partial charge >= 0.3 is 268 Å². The summed E-state index contributed by atoms with van der Waals surface area (Å²) in [5.74, 6) is 2.88. The zero-order valence-electron chi connectivity index (χ0n) is 26.2. The number of halogens is 2. The second-order valence-corrected chi connectivity index (χ2v) is 21.6. The van der Waals surface area contributed by atoms with Crippen LogP contribution in [-0.4, -0.2) is 13.7 Å². The third-order valence-corrected chi connectivity index (χ3v) is 14.7. The number of benzene rings is 2. The van der Waals surface area contributed by atoms with Crippen molar-refractivity contribution >= 4 is 51.1 Å². The summed E-state index contributed by atoms with van der Waals surface area (Å²) in [5, 5.41) is 0. The molecular formula is C35H41Cl2N5Ru. The van der Waals surface area contributed by atoms with Crippen LogP contribution < -0.4 is 19.6 Å². The third kappa shape index (κ3) is 4.91. The minimum atomic E-state index is -3.98. The summed E-state index contributed by atoms with van der Waals surface area (Å²) in [7, 11) is 16.0. The minimum absolute atomic E-state index is 0.317. The van der Waals surface area contributed by atoms with Crippen molar-refractivity contribution in [3.05, 3.63) is 102 Å². The standard InChI is InChI=1S/C35H41N5.2ClH.Ru/c1-24(2)28-12-9-13-29(25(3)4)34(28)39-20-18-37(22-39)32-16-11-17-33(36-32)38-19-21-40(23-38)35-30(26(5)6)14-10-15-31(35)27(7)8;;;/h9-21,24-27H,1-8H3;2*1H;/q;;;+2/p-2. The molecule has 0 atom stereocenters. The van der Waals surface area contributed by atoms with Gasteiger partial charge in [-0.25, -0.2) is 0 Å². The van der Waals surface area contributed by atoms with Crippen molar-refractivity contribution in [1.29, 1.82) is 0 Å². The van der Waals surface area contributed by atoms with Crippen molar-refractivity contribution in [2.24, 2.45) is 0 Å². The molecule has 5 nitrogen and oxygen atoms in total. The van der Waals surface area contributed by atoms with E-state index in [1.54, 1.807) is 0 Å². The topological polar surface area (TPSA) is 25.9 Å². The van der Waals surface area contributed by atoms with Crippen molar-refractivity contribution in [2.75, 3.05) is 19.6 Å². The normalized spacial score (nSPS) is 17.9. The molecule has 0 fully saturated rings. The summed E-state index contributed by atoms with van der Waals surface area (Å²) >= 11 is -3.98. The van der Waals surface area contributed by atoms with Gasteiger partial charge in [-0.2, -0.15) is 0 Å². The van der Waals surface area contributed by atoms with Gasteiger partial charge in [-0.05, 0) is 0 Å². The van der Waals surface area contributed by atoms with Gasteiger partial charge in [-0.1, -0.05) is 0 Å². The van der Waals surface area contributed by atoms with Crippen molar-refractivity contribution in [2.45, 2.75) is 79.1 Å². The van der Waals surface area contributed by atoms with E-state index >= 15 is 0 Å². The van der Waals surface area contributed by atoms with Crippen LogP contribution in [0.2, 0.25) is 0 Å². The van der Waals surface area contributed by atoms with Crippen LogP contribution >= 0.6 is 19.4 Å². The number of para-hydroxylation sites is 2. The molecule has 0 spiro atoms. The quantitative estimate of drug-likeness (QED) is 0.238. The van der Waals surface area contributed by atoms with Crippen LogP contribution in [0.1, 0.15) is 101 Å². The zero-order chi connectivity index (χ0) is 30.8. The molecule has 0 saturated heterocycles. The molecule has 0 amide bonds. The number of hydrogen-bond acceptors (Lipinski definition) is 5. The molecule has 8 heteroatoms. The molecule has 3 aliphatic rings. The van der Waals surface area contributed by atoms with Crippen LogP contribution in [-0.2, 0) is 11.9 Å². The predicted molar refractivity (Wildman–Crippen MR) is 183 cm³/mol. The summed E-state index contributed by atoms with van der Waals surface area (Å²) in [6, 6.07) is 19.4. The Morgan fingerprint density at radius 1 is 0.488 bits per heavy atom. The number of rotatable bonds is 6. The third-order valence-electron chi connectivity index (χ3n) is 8.28. The second kappa shape index (κ2) is 11.3. The molecule has 0 saturated carbocycles. The van der Waals surface area contributed by atoms with Crippen LogP contribution in [0.25, 0.3) is 0 Å². The molecule has 0 N–H and O–H groups in total. The number of hydrogen-bond donors (Lipinski definition) is 0. The van der Waals surface area contributed by atoms with E-state index in [1.165, 1.54) is 33.6 Å². The average molecular weight is 704 g/mol. The van der Waals surface area contributed by atoms with Gasteiger partial charge < -0.3 is 0 Å². The first-order chi connectivity index (χ1) is 20.4. The van der Waals surface area contributed by atoms with Crippen LogP contribution in [0.5, 0.6) is 0 Å². The fourth-order valence-corrected chi connectivity index (χ4v) is 13.0. The molecular weight excluding hydrogens is 662 g/mol. The van der Waals surface area contributed by atoms with Crippen LogP contribution in [0.4, 0.5) is 23.0 Å². The summed E-state index contributed by atoms with van der Waals surface area (Å²) < 4.78 is 1.78. The van der Waals surface area contributed by atoms with Crippen molar-refractivity contribution in [3.8, 4) is 0 Å². The van der Waals surface area contributed by atoms with E-state index in [-0.39, 0.29) is 0 Å². The predicted octanol–water partition coefficient (Wildman–Crippen LogP) is 9.82. The first-order valence-corrected chi connectivity index (χ1v) is 21.3. The van der Waals surface area contributed by atoms with E-state index in [0.717, 1.165) is 20.3 Å². The van der Waals surface area contributed by atoms with Gasteiger partial charge in [0.05, 0.1) is 0 Å². The zero-order valence-corrected chi connectivity index (χ0v) is 29.4. The molecule has 3 aliphatic heterocycles. The Bertz CT molecular complexity index is 1600. The Hall–Kier alpha value is -2.79. The molecule has 2 aromatic carbocycles. The molecule has 6 rings (SSSR count). The molecule has 3 aromatic rings. The Morgan fingerprint density at radius 2 is 0.791 bits per heavy atom. The molecule has 0 aliphatic carbocycles. The number of nitrogens with zero attached hydrogens (tertiary/aromatic N) is 5. The van der Waals surface area contributed by atoms with Crippen LogP contribution in [0.15, 0.2) is 79.4 Å². The van der Waals surface area contributed by atoms with Crippen LogP contribution in [0.3, 0.4) is 0 Å². The maximum atomic E-state index is 7.99. The molecule has 1 aromatic heterocycles. The van der Waals surface area contributed by atoms with Crippen molar-refractivity contribution in [3.63, 3.8) is 0 Å². The van der Waals surface area contributed by atoms with Gasteiger partial charge in [0.25, 0.3) is 0 Å². The van der Waals surface area contributed by atoms with E-state index in [2.05, 4.69) is 142 Å². The number of anilines is 4. The number of fused-ring (bicyclic) bond motifs is 6. The molecule has 228 valence electrons. The summed E-state index contributed by atoms with van der Waals surface area (Å²) in [6.07, 6.45) is 8.41. The Morgan fingerprint density at radius 3 is 1.12 bits per heavy atom. The average Bonchev–Trinajstić information content (AvgIpc) is 3.62. The van der Waals surface area contributed by atoms with Crippen LogP contribution in [0, 0.1) is 0 Å². The SMILES string of the molecule is CC(C)c1cccc(C(C)C)c1N1C=CN2[C]1=[Ru]([Cl])([Cl])=[C]1N(C=CN1c1c(C(C)C)cccc1C(C)C)c1cccc2n1. The molecule has 2 bridgehead atoms. The molecule has 0 radical (unpaired) electrons. The van der Waals surface area contributed by atoms with E-state index in [0.29, 0.717) is 23.7 Å². The Balaban J connectivity index is 1.74. The first kappa shape index (κ1) is 30.2. The monoisotopic (exact) mass is 703 g/mol. The summed E-state index contributed by atoms with van der Waals surface area (Å²) in [4.78, 5) is 13.9. The van der Waals surface area contributed by atoms with E-state index in [4.69, 9.17) is 24.4 Å². The maximum absolute atomic E-state index is 7.99. The van der Waals surface area contributed by atoms with E-state index in [9.17, 15) is 0 Å². The number of aromatic nitrogens is 1. The molecule has 4 heterocycles. The van der Waals surface area contributed by atoms with Crippen molar-refractivity contribution < 1.29 is 11.9 Å². The van der Waals surface area contributed by atoms with Crippen molar-refractivity contribution in [1.82, 2.24) is 4.98 Å². The van der Waals surface area contributed by atoms with Gasteiger partial charge in [0.2, 0.25) is 0 Å². The van der Waals surface area contributed by atoms with E-state index < -0.39 is 11.9 Å². The fourth-order valence-electron chi connectivity index (χ4n) is 6.16. The van der Waals surface area contributed by atoms with Gasteiger partial charge in [0.15, 0.2) is 0 Å². The van der Waals surface area contributed by atoms with Gasteiger partial charge in [0, 0.05) is 0 Å². The van der Waals surface area contributed by atoms with Gasteiger partial charge in [-0.3, -0.25) is 0 Å².